The average molecular weight is 359 g/mol. The molecule has 4 nitrogen and oxygen atoms in total. The van der Waals surface area contributed by atoms with Crippen LogP contribution in [0.3, 0.4) is 0 Å². The van der Waals surface area contributed by atoms with Crippen molar-refractivity contribution in [1.82, 2.24) is 0 Å². The van der Waals surface area contributed by atoms with Gasteiger partial charge in [-0.05, 0) is 41.1 Å². The number of halogens is 2. The third kappa shape index (κ3) is 2.72. The molecular formula is C15H20BrFN2O2. The number of carbonyl (C=O) groups excluding carboxylic acids is 1. The fourth-order valence-corrected chi connectivity index (χ4v) is 3.10. The first-order chi connectivity index (χ1) is 9.72. The molecule has 1 aromatic carbocycles. The van der Waals surface area contributed by atoms with Crippen LogP contribution in [0.4, 0.5) is 10.1 Å². The van der Waals surface area contributed by atoms with Crippen molar-refractivity contribution >= 4 is 27.5 Å². The second kappa shape index (κ2) is 5.66. The molecule has 21 heavy (non-hydrogen) atoms. The minimum Gasteiger partial charge on any atom is -0.378 e. The van der Waals surface area contributed by atoms with Crippen LogP contribution in [-0.2, 0) is 9.53 Å². The van der Waals surface area contributed by atoms with Crippen molar-refractivity contribution in [3.05, 3.63) is 28.5 Å². The Labute approximate surface area is 132 Å². The Balaban J connectivity index is 2.14. The first-order valence-electron chi connectivity index (χ1n) is 6.89. The van der Waals surface area contributed by atoms with Gasteiger partial charge in [-0.25, -0.2) is 4.39 Å². The third-order valence-electron chi connectivity index (χ3n) is 4.41. The Morgan fingerprint density at radius 1 is 1.57 bits per heavy atom. The van der Waals surface area contributed by atoms with Crippen molar-refractivity contribution < 1.29 is 13.9 Å². The predicted molar refractivity (Wildman–Crippen MR) is 83.5 cm³/mol. The highest BCUT2D eigenvalue weighted by Gasteiger charge is 2.62. The van der Waals surface area contributed by atoms with Crippen molar-refractivity contribution in [1.29, 1.82) is 0 Å². The molecule has 1 aromatic rings. The number of ether oxygens (including phenoxy) is 1. The van der Waals surface area contributed by atoms with Gasteiger partial charge in [0, 0.05) is 22.9 Å². The third-order valence-corrected chi connectivity index (χ3v) is 5.07. The van der Waals surface area contributed by atoms with Crippen LogP contribution in [0.5, 0.6) is 0 Å². The molecule has 6 heteroatoms. The molecule has 1 amide bonds. The van der Waals surface area contributed by atoms with Gasteiger partial charge in [0.25, 0.3) is 0 Å². The van der Waals surface area contributed by atoms with E-state index < -0.39 is 11.0 Å². The summed E-state index contributed by atoms with van der Waals surface area (Å²) in [4.78, 5) is 12.5. The molecule has 1 aliphatic carbocycles. The van der Waals surface area contributed by atoms with Crippen LogP contribution in [-0.4, -0.2) is 24.2 Å². The summed E-state index contributed by atoms with van der Waals surface area (Å²) in [7, 11) is 0. The van der Waals surface area contributed by atoms with Gasteiger partial charge in [-0.2, -0.15) is 0 Å². The molecule has 2 rings (SSSR count). The van der Waals surface area contributed by atoms with Gasteiger partial charge in [0.15, 0.2) is 0 Å². The lowest BCUT2D eigenvalue weighted by molar-refractivity contribution is -0.166. The topological polar surface area (TPSA) is 64.3 Å². The van der Waals surface area contributed by atoms with Gasteiger partial charge in [0.1, 0.15) is 11.4 Å². The quantitative estimate of drug-likeness (QED) is 0.869. The van der Waals surface area contributed by atoms with E-state index in [-0.39, 0.29) is 17.8 Å². The highest BCUT2D eigenvalue weighted by atomic mass is 79.9. The predicted octanol–water partition coefficient (Wildman–Crippen LogP) is 3.06. The summed E-state index contributed by atoms with van der Waals surface area (Å²) in [6.07, 6.45) is 0.438. The van der Waals surface area contributed by atoms with Crippen molar-refractivity contribution in [2.75, 3.05) is 11.9 Å². The van der Waals surface area contributed by atoms with Crippen LogP contribution in [0.15, 0.2) is 22.7 Å². The Morgan fingerprint density at radius 2 is 2.24 bits per heavy atom. The molecule has 3 N–H and O–H groups in total. The van der Waals surface area contributed by atoms with Crippen LogP contribution in [0.2, 0.25) is 0 Å². The van der Waals surface area contributed by atoms with Crippen molar-refractivity contribution in [3.63, 3.8) is 0 Å². The Kier molecular flexibility index (Phi) is 4.42. The molecule has 0 heterocycles. The van der Waals surface area contributed by atoms with E-state index in [9.17, 15) is 9.18 Å². The fourth-order valence-electron chi connectivity index (χ4n) is 2.65. The van der Waals surface area contributed by atoms with Gasteiger partial charge >= 0.3 is 0 Å². The van der Waals surface area contributed by atoms with Gasteiger partial charge in [-0.15, -0.1) is 0 Å². The zero-order valence-corrected chi connectivity index (χ0v) is 14.0. The molecular weight excluding hydrogens is 339 g/mol. The van der Waals surface area contributed by atoms with Crippen LogP contribution in [0, 0.1) is 11.2 Å². The normalized spacial score (nSPS) is 27.0. The zero-order valence-electron chi connectivity index (χ0n) is 12.4. The van der Waals surface area contributed by atoms with Crippen LogP contribution >= 0.6 is 15.9 Å². The largest absolute Gasteiger partial charge is 0.378 e. The van der Waals surface area contributed by atoms with Crippen LogP contribution in [0.1, 0.15) is 27.2 Å². The maximum atomic E-state index is 13.1. The number of carbonyl (C=O) groups is 1. The summed E-state index contributed by atoms with van der Waals surface area (Å²) < 4.78 is 19.2. The number of hydrogen-bond acceptors (Lipinski definition) is 3. The van der Waals surface area contributed by atoms with E-state index in [2.05, 4.69) is 21.2 Å². The van der Waals surface area contributed by atoms with Crippen LogP contribution in [0.25, 0.3) is 0 Å². The van der Waals surface area contributed by atoms with E-state index in [4.69, 9.17) is 10.5 Å². The molecule has 1 fully saturated rings. The van der Waals surface area contributed by atoms with Gasteiger partial charge < -0.3 is 15.8 Å². The Bertz CT molecular complexity index is 565. The number of nitrogens with two attached hydrogens (primary N) is 1. The Hall–Kier alpha value is -0.980. The summed E-state index contributed by atoms with van der Waals surface area (Å²) in [5, 5.41) is 2.77. The number of anilines is 1. The molecule has 0 bridgehead atoms. The van der Waals surface area contributed by atoms with E-state index in [0.717, 1.165) is 0 Å². The lowest BCUT2D eigenvalue weighted by Crippen LogP contribution is -2.74. The minimum atomic E-state index is -0.999. The summed E-state index contributed by atoms with van der Waals surface area (Å²) >= 11 is 3.23. The van der Waals surface area contributed by atoms with Crippen molar-refractivity contribution in [2.24, 2.45) is 11.1 Å². The van der Waals surface area contributed by atoms with Crippen LogP contribution < -0.4 is 11.1 Å². The summed E-state index contributed by atoms with van der Waals surface area (Å²) in [5.74, 6) is -0.654. The number of hydrogen-bond donors (Lipinski definition) is 2. The van der Waals surface area contributed by atoms with Gasteiger partial charge in [0.05, 0.1) is 11.8 Å². The summed E-state index contributed by atoms with van der Waals surface area (Å²) in [6, 6.07) is 4.10. The lowest BCUT2D eigenvalue weighted by Gasteiger charge is -2.57. The van der Waals surface area contributed by atoms with E-state index in [0.29, 0.717) is 23.2 Å². The lowest BCUT2D eigenvalue weighted by atomic mass is 9.54. The molecule has 0 spiro atoms. The number of amides is 1. The molecule has 1 saturated carbocycles. The van der Waals surface area contributed by atoms with E-state index in [1.807, 2.05) is 20.8 Å². The highest BCUT2D eigenvalue weighted by Crippen LogP contribution is 2.50. The molecule has 0 aliphatic heterocycles. The minimum absolute atomic E-state index is 0.0325. The van der Waals surface area contributed by atoms with E-state index in [1.165, 1.54) is 18.2 Å². The molecule has 0 radical (unpaired) electrons. The smallest absolute Gasteiger partial charge is 0.245 e. The second-order valence-electron chi connectivity index (χ2n) is 5.92. The van der Waals surface area contributed by atoms with Gasteiger partial charge in [0.2, 0.25) is 5.91 Å². The standard InChI is InChI=1S/C15H20BrFN2O2/c1-4-21-12-8-15(18,14(12,2)3)13(20)19-11-6-5-9(17)7-10(11)16/h5-7,12H,4,8,18H2,1-3H3,(H,19,20). The molecule has 2 atom stereocenters. The van der Waals surface area contributed by atoms with E-state index >= 15 is 0 Å². The number of rotatable bonds is 4. The first-order valence-corrected chi connectivity index (χ1v) is 7.68. The SMILES string of the molecule is CCOC1CC(N)(C(=O)Nc2ccc(F)cc2Br)C1(C)C. The number of nitrogens with one attached hydrogen (secondary N) is 1. The maximum absolute atomic E-state index is 13.1. The van der Waals surface area contributed by atoms with Crippen molar-refractivity contribution in [2.45, 2.75) is 38.8 Å². The number of benzene rings is 1. The molecule has 0 saturated heterocycles. The van der Waals surface area contributed by atoms with Gasteiger partial charge in [-0.1, -0.05) is 13.8 Å². The average Bonchev–Trinajstić information content (AvgIpc) is 2.41. The molecule has 1 aliphatic rings. The fraction of sp³-hybridized carbons (Fsp3) is 0.533. The molecule has 0 aromatic heterocycles. The molecule has 2 unspecified atom stereocenters. The highest BCUT2D eigenvalue weighted by molar-refractivity contribution is 9.10. The Morgan fingerprint density at radius 3 is 2.76 bits per heavy atom. The van der Waals surface area contributed by atoms with E-state index in [1.54, 1.807) is 0 Å². The second-order valence-corrected chi connectivity index (χ2v) is 6.77. The van der Waals surface area contributed by atoms with Crippen molar-refractivity contribution in [3.8, 4) is 0 Å². The summed E-state index contributed by atoms with van der Waals surface area (Å²) in [6.45, 7) is 6.36. The molecule has 116 valence electrons. The monoisotopic (exact) mass is 358 g/mol. The van der Waals surface area contributed by atoms with Gasteiger partial charge in [-0.3, -0.25) is 4.79 Å². The summed E-state index contributed by atoms with van der Waals surface area (Å²) in [5.41, 5.74) is 5.33. The zero-order chi connectivity index (χ0) is 15.8. The maximum Gasteiger partial charge on any atom is 0.245 e. The first kappa shape index (κ1) is 16.4.